The average Bonchev–Trinajstić information content (AvgIpc) is 3.39. The second-order valence-corrected chi connectivity index (χ2v) is 10.9. The maximum absolute atomic E-state index is 12.7. The van der Waals surface area contributed by atoms with Crippen LogP contribution < -0.4 is 0 Å². The number of aryl methyl sites for hydroxylation is 1. The van der Waals surface area contributed by atoms with E-state index in [2.05, 4.69) is 16.5 Å². The van der Waals surface area contributed by atoms with Crippen molar-refractivity contribution in [3.63, 3.8) is 0 Å². The number of nitrogens with zero attached hydrogens (tertiary/aromatic N) is 3. The lowest BCUT2D eigenvalue weighted by Gasteiger charge is -2.26. The summed E-state index contributed by atoms with van der Waals surface area (Å²) in [7, 11) is 0. The number of imidazole rings is 1. The van der Waals surface area contributed by atoms with Crippen molar-refractivity contribution in [2.45, 2.75) is 66.5 Å². The van der Waals surface area contributed by atoms with E-state index in [0.29, 0.717) is 19.6 Å². The number of hydrogen-bond acceptors (Lipinski definition) is 9. The fourth-order valence-corrected chi connectivity index (χ4v) is 3.16. The fraction of sp³-hybridized carbons (Fsp3) is 0.704. The van der Waals surface area contributed by atoms with E-state index in [1.807, 2.05) is 38.5 Å². The van der Waals surface area contributed by atoms with Crippen molar-refractivity contribution < 1.29 is 33.7 Å². The van der Waals surface area contributed by atoms with Crippen LogP contribution in [-0.2, 0) is 35.1 Å². The van der Waals surface area contributed by atoms with Crippen LogP contribution >= 0.6 is 0 Å². The number of aliphatic hydroxyl groups excluding tert-OH is 1. The van der Waals surface area contributed by atoms with Gasteiger partial charge in [-0.1, -0.05) is 34.3 Å². The molecule has 0 amide bonds. The van der Waals surface area contributed by atoms with Crippen LogP contribution in [0, 0.1) is 10.8 Å². The first-order valence-corrected chi connectivity index (χ1v) is 12.8. The van der Waals surface area contributed by atoms with E-state index in [1.54, 1.807) is 19.4 Å². The monoisotopic (exact) mass is 523 g/mol. The lowest BCUT2D eigenvalue weighted by molar-refractivity contribution is -0.148. The molecule has 210 valence electrons. The molecule has 10 nitrogen and oxygen atoms in total. The van der Waals surface area contributed by atoms with E-state index in [9.17, 15) is 19.5 Å². The Balaban J connectivity index is 2.54. The van der Waals surface area contributed by atoms with Gasteiger partial charge in [-0.05, 0) is 19.9 Å². The summed E-state index contributed by atoms with van der Waals surface area (Å²) in [5.41, 5.74) is -0.928. The summed E-state index contributed by atoms with van der Waals surface area (Å²) in [5, 5.41) is 9.34. The number of Topliss-reactive ketones (excluding diaryl/α,β-unsaturated/α-hetero) is 1. The van der Waals surface area contributed by atoms with Gasteiger partial charge < -0.3 is 28.8 Å². The fourth-order valence-electron chi connectivity index (χ4n) is 3.16. The van der Waals surface area contributed by atoms with Crippen molar-refractivity contribution in [3.05, 3.63) is 31.4 Å². The average molecular weight is 524 g/mol. The number of rotatable bonds is 20. The Morgan fingerprint density at radius 2 is 1.73 bits per heavy atom. The van der Waals surface area contributed by atoms with E-state index in [-0.39, 0.29) is 51.0 Å². The van der Waals surface area contributed by atoms with Crippen LogP contribution in [0.25, 0.3) is 0 Å². The van der Waals surface area contributed by atoms with Gasteiger partial charge in [0.1, 0.15) is 6.10 Å². The number of aliphatic hydroxyl groups is 1. The molecule has 1 aromatic heterocycles. The molecule has 1 N–H and O–H groups in total. The molecule has 10 heteroatoms. The van der Waals surface area contributed by atoms with Crippen molar-refractivity contribution in [2.75, 3.05) is 46.1 Å². The lowest BCUT2D eigenvalue weighted by atomic mass is 9.96. The number of ether oxygens (including phenoxy) is 3. The smallest absolute Gasteiger partial charge is 0.330 e. The molecule has 1 aromatic rings. The minimum atomic E-state index is -0.604. The van der Waals surface area contributed by atoms with Crippen molar-refractivity contribution in [1.82, 2.24) is 14.5 Å². The lowest BCUT2D eigenvalue weighted by Crippen LogP contribution is -2.35. The first-order valence-electron chi connectivity index (χ1n) is 12.8. The molecule has 1 unspecified atom stereocenters. The first kappa shape index (κ1) is 32.5. The molecule has 0 radical (unpaired) electrons. The van der Waals surface area contributed by atoms with Gasteiger partial charge in [0.2, 0.25) is 0 Å². The number of esters is 2. The number of hydrogen-bond donors (Lipinski definition) is 1. The summed E-state index contributed by atoms with van der Waals surface area (Å²) < 4.78 is 18.2. The highest BCUT2D eigenvalue weighted by Gasteiger charge is 2.24. The third-order valence-corrected chi connectivity index (χ3v) is 5.76. The van der Waals surface area contributed by atoms with E-state index in [1.165, 1.54) is 0 Å². The third kappa shape index (κ3) is 14.7. The normalized spacial score (nSPS) is 12.8. The maximum Gasteiger partial charge on any atom is 0.330 e. The van der Waals surface area contributed by atoms with Crippen LogP contribution in [0.2, 0.25) is 0 Å². The maximum atomic E-state index is 12.7. The zero-order chi connectivity index (χ0) is 27.9. The topological polar surface area (TPSA) is 120 Å². The highest BCUT2D eigenvalue weighted by molar-refractivity contribution is 5.82. The van der Waals surface area contributed by atoms with Crippen molar-refractivity contribution in [2.24, 2.45) is 10.8 Å². The zero-order valence-corrected chi connectivity index (χ0v) is 23.1. The molecule has 1 rings (SSSR count). The molecule has 1 atom stereocenters. The molecule has 0 bridgehead atoms. The summed E-state index contributed by atoms with van der Waals surface area (Å²) in [6.45, 7) is 15.5. The second kappa shape index (κ2) is 16.3. The second-order valence-electron chi connectivity index (χ2n) is 10.9. The van der Waals surface area contributed by atoms with E-state index >= 15 is 0 Å². The van der Waals surface area contributed by atoms with E-state index in [0.717, 1.165) is 19.0 Å². The predicted octanol–water partition coefficient (Wildman–Crippen LogP) is 2.65. The van der Waals surface area contributed by atoms with Gasteiger partial charge in [-0.2, -0.15) is 0 Å². The Morgan fingerprint density at radius 3 is 2.35 bits per heavy atom. The highest BCUT2D eigenvalue weighted by Crippen LogP contribution is 2.18. The van der Waals surface area contributed by atoms with Crippen molar-refractivity contribution >= 4 is 17.7 Å². The number of carbonyl (C=O) groups excluding carboxylic acids is 3. The predicted molar refractivity (Wildman–Crippen MR) is 140 cm³/mol. The van der Waals surface area contributed by atoms with Crippen LogP contribution in [0.5, 0.6) is 0 Å². The SMILES string of the molecule is C=CC(=O)OCC(C)(C)COC(C)C(=O)CCN(CCCn1ccnc1)CCC(=O)OCC(C)(C)CO. The molecular weight excluding hydrogens is 478 g/mol. The molecule has 0 saturated heterocycles. The molecule has 0 aliphatic rings. The van der Waals surface area contributed by atoms with Gasteiger partial charge in [0.25, 0.3) is 0 Å². The van der Waals surface area contributed by atoms with Gasteiger partial charge in [0.05, 0.1) is 39.2 Å². The van der Waals surface area contributed by atoms with Gasteiger partial charge in [-0.25, -0.2) is 9.78 Å². The van der Waals surface area contributed by atoms with Crippen LogP contribution in [0.4, 0.5) is 0 Å². The standard InChI is InChI=1S/C27H45N3O7/c1-7-24(33)36-20-27(5,6)19-35-22(2)23(32)9-14-29(12-8-13-30-16-11-28-21-30)15-10-25(34)37-18-26(3,4)17-31/h7,11,16,21-22,31H,1,8-10,12-15,17-20H2,2-6H3. The molecule has 1 heterocycles. The van der Waals surface area contributed by atoms with Gasteiger partial charge in [-0.3, -0.25) is 9.59 Å². The van der Waals surface area contributed by atoms with E-state index in [4.69, 9.17) is 14.2 Å². The molecule has 0 spiro atoms. The number of carbonyl (C=O) groups is 3. The summed E-state index contributed by atoms with van der Waals surface area (Å²) in [4.78, 5) is 42.4. The number of ketones is 1. The zero-order valence-electron chi connectivity index (χ0n) is 23.1. The molecule has 0 aliphatic carbocycles. The van der Waals surface area contributed by atoms with E-state index < -0.39 is 22.9 Å². The number of aromatic nitrogens is 2. The summed E-state index contributed by atoms with van der Waals surface area (Å²) in [5.74, 6) is -0.861. The summed E-state index contributed by atoms with van der Waals surface area (Å²) in [6.07, 6.45) is 7.20. The Hall–Kier alpha value is -2.56. The molecule has 37 heavy (non-hydrogen) atoms. The third-order valence-electron chi connectivity index (χ3n) is 5.76. The highest BCUT2D eigenvalue weighted by atomic mass is 16.5. The van der Waals surface area contributed by atoms with Crippen molar-refractivity contribution in [1.29, 1.82) is 0 Å². The quantitative estimate of drug-likeness (QED) is 0.203. The first-order chi connectivity index (χ1) is 17.4. The van der Waals surface area contributed by atoms with Crippen LogP contribution in [0.1, 0.15) is 53.9 Å². The minimum absolute atomic E-state index is 0.0363. The molecule has 0 saturated carbocycles. The molecule has 0 aliphatic heterocycles. The van der Waals surface area contributed by atoms with Crippen molar-refractivity contribution in [3.8, 4) is 0 Å². The van der Waals surface area contributed by atoms with Gasteiger partial charge >= 0.3 is 11.9 Å². The Morgan fingerprint density at radius 1 is 1.05 bits per heavy atom. The largest absolute Gasteiger partial charge is 0.465 e. The van der Waals surface area contributed by atoms with Gasteiger partial charge in [-0.15, -0.1) is 0 Å². The summed E-state index contributed by atoms with van der Waals surface area (Å²) in [6, 6.07) is 0. The van der Waals surface area contributed by atoms with Gasteiger partial charge in [0.15, 0.2) is 5.78 Å². The van der Waals surface area contributed by atoms with Crippen LogP contribution in [-0.4, -0.2) is 89.4 Å². The minimum Gasteiger partial charge on any atom is -0.465 e. The Kier molecular flexibility index (Phi) is 14.3. The van der Waals surface area contributed by atoms with Gasteiger partial charge in [0, 0.05) is 55.4 Å². The Labute approximate surface area is 221 Å². The van der Waals surface area contributed by atoms with Crippen LogP contribution in [0.15, 0.2) is 31.4 Å². The molecule has 0 aromatic carbocycles. The Bertz CT molecular complexity index is 837. The molecular formula is C27H45N3O7. The molecule has 0 fully saturated rings. The summed E-state index contributed by atoms with van der Waals surface area (Å²) >= 11 is 0. The van der Waals surface area contributed by atoms with Crippen LogP contribution in [0.3, 0.4) is 0 Å².